The third-order valence-corrected chi connectivity index (χ3v) is 5.66. The first-order chi connectivity index (χ1) is 15.3. The van der Waals surface area contributed by atoms with Crippen molar-refractivity contribution in [3.8, 4) is 12.3 Å². The van der Waals surface area contributed by atoms with Crippen LogP contribution in [-0.2, 0) is 24.0 Å². The molecule has 13 nitrogen and oxygen atoms in total. The minimum absolute atomic E-state index is 0.0505. The number of nitrogens with zero attached hydrogens (tertiary/aromatic N) is 2. The van der Waals surface area contributed by atoms with Crippen LogP contribution in [0.3, 0.4) is 0 Å². The van der Waals surface area contributed by atoms with Gasteiger partial charge in [0.05, 0.1) is 13.0 Å². The zero-order valence-corrected chi connectivity index (χ0v) is 18.5. The highest BCUT2D eigenvalue weighted by Crippen LogP contribution is 2.33. The van der Waals surface area contributed by atoms with Crippen LogP contribution in [0.15, 0.2) is 4.99 Å². The van der Waals surface area contributed by atoms with E-state index in [9.17, 15) is 29.1 Å². The van der Waals surface area contributed by atoms with Crippen molar-refractivity contribution >= 4 is 35.6 Å². The highest BCUT2D eigenvalue weighted by atomic mass is 16.4. The number of carbonyl (C=O) groups is 5. The molecule has 3 atom stereocenters. The fourth-order valence-electron chi connectivity index (χ4n) is 3.68. The second-order valence-corrected chi connectivity index (χ2v) is 8.54. The average Bonchev–Trinajstić information content (AvgIpc) is 2.71. The fourth-order valence-corrected chi connectivity index (χ4v) is 3.68. The van der Waals surface area contributed by atoms with E-state index in [4.69, 9.17) is 17.9 Å². The number of nitrogens with one attached hydrogen (secondary N) is 3. The minimum atomic E-state index is -1.49. The van der Waals surface area contributed by atoms with Crippen molar-refractivity contribution < 1.29 is 29.1 Å². The lowest BCUT2D eigenvalue weighted by molar-refractivity contribution is -0.169. The van der Waals surface area contributed by atoms with Crippen molar-refractivity contribution in [1.82, 2.24) is 20.9 Å². The number of nitrogens with two attached hydrogens (primary N) is 2. The number of terminal acetylenes is 1. The predicted octanol–water partition coefficient (Wildman–Crippen LogP) is -3.00. The molecule has 3 heterocycles. The monoisotopic (exact) mass is 463 g/mol. The maximum absolute atomic E-state index is 13.0. The van der Waals surface area contributed by atoms with Gasteiger partial charge in [0.2, 0.25) is 17.7 Å². The third-order valence-electron chi connectivity index (χ3n) is 5.66. The van der Waals surface area contributed by atoms with Gasteiger partial charge in [0.25, 0.3) is 5.91 Å². The summed E-state index contributed by atoms with van der Waals surface area (Å²) in [6.45, 7) is 3.15. The van der Waals surface area contributed by atoms with Crippen LogP contribution < -0.4 is 27.4 Å². The van der Waals surface area contributed by atoms with Crippen LogP contribution in [0.25, 0.3) is 0 Å². The first-order valence-corrected chi connectivity index (χ1v) is 10.3. The Bertz CT molecular complexity index is 920. The van der Waals surface area contributed by atoms with Gasteiger partial charge in [0.1, 0.15) is 23.2 Å². The van der Waals surface area contributed by atoms with E-state index in [2.05, 4.69) is 26.9 Å². The summed E-state index contributed by atoms with van der Waals surface area (Å²) in [6, 6.07) is -2.61. The van der Waals surface area contributed by atoms with Gasteiger partial charge < -0.3 is 37.4 Å². The number of aliphatic carboxylic acids is 1. The molecule has 13 heteroatoms. The van der Waals surface area contributed by atoms with Crippen LogP contribution in [0, 0.1) is 12.3 Å². The van der Waals surface area contributed by atoms with E-state index in [0.29, 0.717) is 6.42 Å². The van der Waals surface area contributed by atoms with Gasteiger partial charge in [-0.05, 0) is 26.7 Å². The summed E-state index contributed by atoms with van der Waals surface area (Å²) in [5, 5.41) is 16.7. The Labute approximate surface area is 190 Å². The summed E-state index contributed by atoms with van der Waals surface area (Å²) in [5.74, 6) is -1.94. The van der Waals surface area contributed by atoms with E-state index in [-0.39, 0.29) is 31.9 Å². The molecule has 33 heavy (non-hydrogen) atoms. The second kappa shape index (κ2) is 9.76. The quantitative estimate of drug-likeness (QED) is 0.0570. The summed E-state index contributed by atoms with van der Waals surface area (Å²) in [7, 11) is 0. The number of β-lactam (4-membered cyclic amide) rings is 1. The molecule has 0 radical (unpaired) electrons. The summed E-state index contributed by atoms with van der Waals surface area (Å²) >= 11 is 0. The lowest BCUT2D eigenvalue weighted by atomic mass is 9.80. The maximum Gasteiger partial charge on any atom is 0.305 e. The molecule has 3 rings (SSSR count). The molecule has 0 aromatic carbocycles. The highest BCUT2D eigenvalue weighted by Gasteiger charge is 2.59. The molecular weight excluding hydrogens is 434 g/mol. The smallest absolute Gasteiger partial charge is 0.305 e. The van der Waals surface area contributed by atoms with Gasteiger partial charge in [0.15, 0.2) is 5.96 Å². The number of carbonyl (C=O) groups excluding carboxylic acids is 4. The van der Waals surface area contributed by atoms with Crippen LogP contribution in [-0.4, -0.2) is 81.8 Å². The van der Waals surface area contributed by atoms with Crippen LogP contribution >= 0.6 is 0 Å². The summed E-state index contributed by atoms with van der Waals surface area (Å²) < 4.78 is 0. The van der Waals surface area contributed by atoms with Gasteiger partial charge in [-0.15, -0.1) is 12.3 Å². The van der Waals surface area contributed by atoms with Crippen LogP contribution in [0.2, 0.25) is 0 Å². The predicted molar refractivity (Wildman–Crippen MR) is 116 cm³/mol. The maximum atomic E-state index is 13.0. The molecule has 3 saturated heterocycles. The molecule has 180 valence electrons. The highest BCUT2D eigenvalue weighted by molar-refractivity contribution is 6.04. The Hall–Kier alpha value is -3.82. The fraction of sp³-hybridized carbons (Fsp3) is 0.600. The van der Waals surface area contributed by atoms with Gasteiger partial charge >= 0.3 is 5.97 Å². The Morgan fingerprint density at radius 2 is 1.88 bits per heavy atom. The standard InChI is InChI=1S/C20H29N7O6/c1-4-7-20-10-27(17(20)33)19(2,3)16(32)25-11(6-5-8-23-18(21)22)14(30)24-12(9-13(28)29)15(31)26-20/h1,11-12H,5-10H2,2-3H3,(H,24,30)(H,25,32)(H,26,31)(H,28,29)(H4,21,22,23)/t11-,12-,20-/m0/s1. The lowest BCUT2D eigenvalue weighted by Crippen LogP contribution is -2.80. The SMILES string of the molecule is C#CC[C@]12CN(C1=O)C(C)(C)C(=O)N[C@@H](CCCN=C(N)N)C(=O)N[C@@H](CC(=O)O)C(=O)N2. The number of guanidine groups is 1. The van der Waals surface area contributed by atoms with E-state index >= 15 is 0 Å². The van der Waals surface area contributed by atoms with E-state index in [1.54, 1.807) is 0 Å². The van der Waals surface area contributed by atoms with E-state index in [1.165, 1.54) is 18.7 Å². The van der Waals surface area contributed by atoms with Crippen molar-refractivity contribution in [3.63, 3.8) is 0 Å². The minimum Gasteiger partial charge on any atom is -0.481 e. The van der Waals surface area contributed by atoms with E-state index in [1.807, 2.05) is 0 Å². The number of amides is 4. The largest absolute Gasteiger partial charge is 0.481 e. The summed E-state index contributed by atoms with van der Waals surface area (Å²) in [5.41, 5.74) is 7.74. The van der Waals surface area contributed by atoms with Crippen molar-refractivity contribution in [2.45, 2.75) is 62.7 Å². The lowest BCUT2D eigenvalue weighted by Gasteiger charge is -2.54. The molecule has 0 spiro atoms. The Morgan fingerprint density at radius 1 is 1.21 bits per heavy atom. The van der Waals surface area contributed by atoms with Crippen molar-refractivity contribution in [3.05, 3.63) is 0 Å². The van der Waals surface area contributed by atoms with Crippen molar-refractivity contribution in [2.24, 2.45) is 16.5 Å². The normalized spacial score (nSPS) is 26.9. The zero-order chi connectivity index (χ0) is 25.0. The van der Waals surface area contributed by atoms with Gasteiger partial charge in [-0.2, -0.15) is 0 Å². The Kier molecular flexibility index (Phi) is 7.53. The van der Waals surface area contributed by atoms with Gasteiger partial charge in [-0.1, -0.05) is 0 Å². The second-order valence-electron chi connectivity index (χ2n) is 8.54. The number of fused-ring (bicyclic) bond motifs is 8. The molecule has 0 aromatic heterocycles. The number of carboxylic acids is 1. The molecule has 0 unspecified atom stereocenters. The average molecular weight is 463 g/mol. The number of hydrogen-bond acceptors (Lipinski definition) is 6. The Balaban J connectivity index is 2.39. The van der Waals surface area contributed by atoms with Crippen LogP contribution in [0.4, 0.5) is 0 Å². The van der Waals surface area contributed by atoms with E-state index < -0.39 is 59.2 Å². The summed E-state index contributed by atoms with van der Waals surface area (Å²) in [6.07, 6.45) is 4.89. The topological polar surface area (TPSA) is 209 Å². The number of aliphatic imine (C=N–C) groups is 1. The number of rotatable bonds is 7. The van der Waals surface area contributed by atoms with Gasteiger partial charge in [-0.25, -0.2) is 0 Å². The third kappa shape index (κ3) is 5.51. The first-order valence-electron chi connectivity index (χ1n) is 10.3. The molecule has 0 saturated carbocycles. The van der Waals surface area contributed by atoms with E-state index in [0.717, 1.165) is 0 Å². The molecule has 0 aliphatic carbocycles. The molecule has 4 amide bonds. The van der Waals surface area contributed by atoms with Crippen LogP contribution in [0.5, 0.6) is 0 Å². The molecule has 8 N–H and O–H groups in total. The molecule has 2 bridgehead atoms. The molecule has 0 aromatic rings. The molecule has 3 fully saturated rings. The molecular formula is C20H29N7O6. The summed E-state index contributed by atoms with van der Waals surface area (Å²) in [4.78, 5) is 68.3. The number of hydrogen-bond donors (Lipinski definition) is 6. The molecule has 3 aliphatic heterocycles. The van der Waals surface area contributed by atoms with Crippen LogP contribution in [0.1, 0.15) is 39.5 Å². The zero-order valence-electron chi connectivity index (χ0n) is 18.5. The first kappa shape index (κ1) is 25.4. The molecule has 3 aliphatic rings. The van der Waals surface area contributed by atoms with Crippen molar-refractivity contribution in [1.29, 1.82) is 0 Å². The Morgan fingerprint density at radius 3 is 2.42 bits per heavy atom. The van der Waals surface area contributed by atoms with Gasteiger partial charge in [-0.3, -0.25) is 29.0 Å². The van der Waals surface area contributed by atoms with Gasteiger partial charge in [0, 0.05) is 13.0 Å². The number of carboxylic acid groups (broad SMARTS) is 1. The van der Waals surface area contributed by atoms with Crippen molar-refractivity contribution in [2.75, 3.05) is 13.1 Å².